The van der Waals surface area contributed by atoms with Gasteiger partial charge in [0.2, 0.25) is 0 Å². The molecule has 2 atom stereocenters. The molecule has 94 valence electrons. The van der Waals surface area contributed by atoms with E-state index in [0.717, 1.165) is 18.5 Å². The van der Waals surface area contributed by atoms with E-state index in [1.54, 1.807) is 0 Å². The lowest BCUT2D eigenvalue weighted by molar-refractivity contribution is 0.433. The van der Waals surface area contributed by atoms with Gasteiger partial charge in [-0.25, -0.2) is 0 Å². The summed E-state index contributed by atoms with van der Waals surface area (Å²) in [7, 11) is 0. The van der Waals surface area contributed by atoms with E-state index >= 15 is 0 Å². The summed E-state index contributed by atoms with van der Waals surface area (Å²) in [6.45, 7) is 5.72. The highest BCUT2D eigenvalue weighted by Crippen LogP contribution is 2.34. The standard InChI is InChI=1S/C16H25N/c1-3-16(11-14-9-10-14)17-12-13(2)15-7-5-4-6-8-15/h4-8,13-14,16-17H,3,9-12H2,1-2H3. The fraction of sp³-hybridized carbons (Fsp3) is 0.625. The van der Waals surface area contributed by atoms with Crippen LogP contribution in [0.15, 0.2) is 30.3 Å². The zero-order valence-corrected chi connectivity index (χ0v) is 11.2. The molecule has 1 N–H and O–H groups in total. The minimum absolute atomic E-state index is 0.615. The Morgan fingerprint density at radius 3 is 2.53 bits per heavy atom. The van der Waals surface area contributed by atoms with Crippen LogP contribution in [0.25, 0.3) is 0 Å². The van der Waals surface area contributed by atoms with Crippen LogP contribution in [0.5, 0.6) is 0 Å². The highest BCUT2D eigenvalue weighted by atomic mass is 14.9. The topological polar surface area (TPSA) is 12.0 Å². The Bertz CT molecular complexity index is 316. The predicted molar refractivity (Wildman–Crippen MR) is 74.3 cm³/mol. The summed E-state index contributed by atoms with van der Waals surface area (Å²) in [5.74, 6) is 1.64. The molecule has 1 aromatic carbocycles. The second kappa shape index (κ2) is 6.20. The van der Waals surface area contributed by atoms with Crippen molar-refractivity contribution in [3.05, 3.63) is 35.9 Å². The molecule has 2 unspecified atom stereocenters. The molecule has 0 radical (unpaired) electrons. The van der Waals surface area contributed by atoms with E-state index in [1.807, 2.05) is 0 Å². The summed E-state index contributed by atoms with van der Waals surface area (Å²) in [4.78, 5) is 0. The van der Waals surface area contributed by atoms with Gasteiger partial charge in [-0.2, -0.15) is 0 Å². The first-order valence-electron chi connectivity index (χ1n) is 7.08. The first-order chi connectivity index (χ1) is 8.29. The average molecular weight is 231 g/mol. The van der Waals surface area contributed by atoms with Crippen LogP contribution < -0.4 is 5.32 Å². The molecule has 0 bridgehead atoms. The van der Waals surface area contributed by atoms with Crippen LogP contribution >= 0.6 is 0 Å². The van der Waals surface area contributed by atoms with Gasteiger partial charge in [0, 0.05) is 12.6 Å². The van der Waals surface area contributed by atoms with Crippen molar-refractivity contribution >= 4 is 0 Å². The lowest BCUT2D eigenvalue weighted by atomic mass is 10.00. The lowest BCUT2D eigenvalue weighted by Gasteiger charge is -2.20. The number of rotatable bonds is 7. The molecule has 1 aliphatic rings. The Labute approximate surface area is 106 Å². The molecule has 1 aliphatic carbocycles. The van der Waals surface area contributed by atoms with E-state index < -0.39 is 0 Å². The fourth-order valence-corrected chi connectivity index (χ4v) is 2.39. The number of benzene rings is 1. The quantitative estimate of drug-likeness (QED) is 0.749. The van der Waals surface area contributed by atoms with Crippen molar-refractivity contribution in [1.29, 1.82) is 0 Å². The molecular formula is C16H25N. The van der Waals surface area contributed by atoms with Gasteiger partial charge in [-0.3, -0.25) is 0 Å². The molecule has 1 heteroatoms. The smallest absolute Gasteiger partial charge is 0.00673 e. The minimum Gasteiger partial charge on any atom is -0.313 e. The van der Waals surface area contributed by atoms with Crippen LogP contribution in [0.3, 0.4) is 0 Å². The third-order valence-electron chi connectivity index (χ3n) is 3.89. The minimum atomic E-state index is 0.615. The van der Waals surface area contributed by atoms with Gasteiger partial charge in [0.05, 0.1) is 0 Å². The van der Waals surface area contributed by atoms with Gasteiger partial charge in [-0.15, -0.1) is 0 Å². The Kier molecular flexibility index (Phi) is 4.61. The predicted octanol–water partition coefficient (Wildman–Crippen LogP) is 3.96. The monoisotopic (exact) mass is 231 g/mol. The SMILES string of the molecule is CCC(CC1CC1)NCC(C)c1ccccc1. The van der Waals surface area contributed by atoms with E-state index in [9.17, 15) is 0 Å². The summed E-state index contributed by atoms with van der Waals surface area (Å²) in [5.41, 5.74) is 1.45. The fourth-order valence-electron chi connectivity index (χ4n) is 2.39. The first kappa shape index (κ1) is 12.6. The second-order valence-electron chi connectivity index (χ2n) is 5.50. The molecule has 1 aromatic rings. The summed E-state index contributed by atoms with van der Waals surface area (Å²) in [6, 6.07) is 11.5. The zero-order chi connectivity index (χ0) is 12.1. The van der Waals surface area contributed by atoms with E-state index in [1.165, 1.54) is 31.2 Å². The maximum Gasteiger partial charge on any atom is 0.00673 e. The molecule has 0 saturated heterocycles. The van der Waals surface area contributed by atoms with Crippen molar-refractivity contribution in [2.24, 2.45) is 5.92 Å². The molecule has 0 aliphatic heterocycles. The average Bonchev–Trinajstić information content (AvgIpc) is 3.19. The molecule has 2 rings (SSSR count). The van der Waals surface area contributed by atoms with Crippen LogP contribution in [0.4, 0.5) is 0 Å². The molecule has 17 heavy (non-hydrogen) atoms. The Balaban J connectivity index is 1.76. The van der Waals surface area contributed by atoms with Crippen molar-refractivity contribution in [3.63, 3.8) is 0 Å². The number of hydrogen-bond acceptors (Lipinski definition) is 1. The van der Waals surface area contributed by atoms with Crippen LogP contribution in [0.1, 0.15) is 51.0 Å². The summed E-state index contributed by atoms with van der Waals surface area (Å²) < 4.78 is 0. The largest absolute Gasteiger partial charge is 0.313 e. The highest BCUT2D eigenvalue weighted by molar-refractivity contribution is 5.18. The zero-order valence-electron chi connectivity index (χ0n) is 11.2. The molecule has 1 fully saturated rings. The lowest BCUT2D eigenvalue weighted by Crippen LogP contribution is -2.32. The van der Waals surface area contributed by atoms with E-state index in [4.69, 9.17) is 0 Å². The van der Waals surface area contributed by atoms with Crippen LogP contribution in [0, 0.1) is 5.92 Å². The van der Waals surface area contributed by atoms with E-state index in [-0.39, 0.29) is 0 Å². The highest BCUT2D eigenvalue weighted by Gasteiger charge is 2.24. The second-order valence-corrected chi connectivity index (χ2v) is 5.50. The van der Waals surface area contributed by atoms with Crippen molar-refractivity contribution in [1.82, 2.24) is 5.32 Å². The van der Waals surface area contributed by atoms with Gasteiger partial charge in [0.25, 0.3) is 0 Å². The molecule has 0 amide bonds. The number of nitrogens with one attached hydrogen (secondary N) is 1. The Hall–Kier alpha value is -0.820. The summed E-state index contributed by atoms with van der Waals surface area (Å²) in [5, 5.41) is 3.74. The van der Waals surface area contributed by atoms with Crippen LogP contribution in [-0.4, -0.2) is 12.6 Å². The normalized spacial score (nSPS) is 18.9. The summed E-state index contributed by atoms with van der Waals surface area (Å²) in [6.07, 6.45) is 5.58. The third-order valence-corrected chi connectivity index (χ3v) is 3.89. The van der Waals surface area contributed by atoms with Gasteiger partial charge >= 0.3 is 0 Å². The summed E-state index contributed by atoms with van der Waals surface area (Å²) >= 11 is 0. The Morgan fingerprint density at radius 1 is 1.24 bits per heavy atom. The maximum absolute atomic E-state index is 3.74. The van der Waals surface area contributed by atoms with E-state index in [0.29, 0.717) is 5.92 Å². The molecule has 0 spiro atoms. The van der Waals surface area contributed by atoms with Gasteiger partial charge in [-0.05, 0) is 30.2 Å². The van der Waals surface area contributed by atoms with Crippen molar-refractivity contribution < 1.29 is 0 Å². The van der Waals surface area contributed by atoms with Gasteiger partial charge in [0.1, 0.15) is 0 Å². The maximum atomic E-state index is 3.74. The van der Waals surface area contributed by atoms with E-state index in [2.05, 4.69) is 49.5 Å². The van der Waals surface area contributed by atoms with Crippen molar-refractivity contribution in [3.8, 4) is 0 Å². The van der Waals surface area contributed by atoms with Gasteiger partial charge < -0.3 is 5.32 Å². The van der Waals surface area contributed by atoms with Gasteiger partial charge in [0.15, 0.2) is 0 Å². The first-order valence-corrected chi connectivity index (χ1v) is 7.08. The number of hydrogen-bond donors (Lipinski definition) is 1. The molecular weight excluding hydrogens is 206 g/mol. The third kappa shape index (κ3) is 4.16. The van der Waals surface area contributed by atoms with Crippen molar-refractivity contribution in [2.75, 3.05) is 6.54 Å². The molecule has 0 aromatic heterocycles. The van der Waals surface area contributed by atoms with Gasteiger partial charge in [-0.1, -0.05) is 57.0 Å². The van der Waals surface area contributed by atoms with Crippen molar-refractivity contribution in [2.45, 2.75) is 51.5 Å². The molecule has 1 nitrogen and oxygen atoms in total. The Morgan fingerprint density at radius 2 is 1.94 bits per heavy atom. The van der Waals surface area contributed by atoms with Crippen LogP contribution in [0.2, 0.25) is 0 Å². The molecule has 0 heterocycles. The van der Waals surface area contributed by atoms with Crippen LogP contribution in [-0.2, 0) is 0 Å². The molecule has 1 saturated carbocycles.